The van der Waals surface area contributed by atoms with Gasteiger partial charge >= 0.3 is 5.97 Å². The fourth-order valence-electron chi connectivity index (χ4n) is 2.46. The van der Waals surface area contributed by atoms with E-state index in [-0.39, 0.29) is 0 Å². The third kappa shape index (κ3) is 2.88. The number of aliphatic carboxylic acids is 1. The monoisotopic (exact) mass is 329 g/mol. The van der Waals surface area contributed by atoms with Crippen LogP contribution in [0.25, 0.3) is 21.3 Å². The number of hydrogen-bond acceptors (Lipinski definition) is 6. The molecule has 118 valence electrons. The highest BCUT2D eigenvalue weighted by molar-refractivity contribution is 7.19. The van der Waals surface area contributed by atoms with Gasteiger partial charge in [-0.1, -0.05) is 30.3 Å². The molecule has 0 aliphatic carbocycles. The Labute approximate surface area is 136 Å². The first-order valence-electron chi connectivity index (χ1n) is 7.01. The first-order valence-corrected chi connectivity index (χ1v) is 7.83. The number of carbonyl (C=O) groups is 1. The molecule has 1 unspecified atom stereocenters. The van der Waals surface area contributed by atoms with Crippen molar-refractivity contribution in [3.8, 4) is 11.1 Å². The fraction of sp³-hybridized carbons (Fsp3) is 0.188. The molecule has 0 aliphatic rings. The van der Waals surface area contributed by atoms with Crippen LogP contribution in [0.5, 0.6) is 0 Å². The van der Waals surface area contributed by atoms with Crippen molar-refractivity contribution >= 4 is 33.3 Å². The molecule has 0 saturated carbocycles. The van der Waals surface area contributed by atoms with Gasteiger partial charge < -0.3 is 15.5 Å². The number of carboxylic acids is 1. The minimum atomic E-state index is -1.13. The molecule has 0 radical (unpaired) electrons. The largest absolute Gasteiger partial charge is 0.480 e. The van der Waals surface area contributed by atoms with Crippen molar-refractivity contribution in [2.45, 2.75) is 13.0 Å². The summed E-state index contributed by atoms with van der Waals surface area (Å²) in [6.45, 7) is 1.48. The van der Waals surface area contributed by atoms with Gasteiger partial charge in [0.1, 0.15) is 23.0 Å². The summed E-state index contributed by atoms with van der Waals surface area (Å²) in [5.41, 5.74) is 2.00. The minimum Gasteiger partial charge on any atom is -0.480 e. The number of benzene rings is 1. The predicted octanol–water partition coefficient (Wildman–Crippen LogP) is 2.52. The summed E-state index contributed by atoms with van der Waals surface area (Å²) in [5.74, 6) is -0.716. The maximum absolute atomic E-state index is 11.2. The Hall–Kier alpha value is -2.51. The molecular formula is C16H15N3O3S. The lowest BCUT2D eigenvalue weighted by Crippen LogP contribution is -2.33. The number of aryl methyl sites for hydroxylation is 1. The lowest BCUT2D eigenvalue weighted by atomic mass is 10.0. The second kappa shape index (κ2) is 6.31. The summed E-state index contributed by atoms with van der Waals surface area (Å²) in [7, 11) is 0. The van der Waals surface area contributed by atoms with Crippen molar-refractivity contribution in [2.75, 3.05) is 11.9 Å². The molecule has 7 heteroatoms. The molecule has 0 amide bonds. The molecule has 1 atom stereocenters. The van der Waals surface area contributed by atoms with Crippen LogP contribution in [0, 0.1) is 6.92 Å². The number of aliphatic hydroxyl groups is 1. The molecule has 3 aromatic rings. The number of nitrogens with zero attached hydrogens (tertiary/aromatic N) is 2. The van der Waals surface area contributed by atoms with Crippen LogP contribution in [-0.2, 0) is 4.79 Å². The number of rotatable bonds is 5. The number of hydrogen-bond donors (Lipinski definition) is 3. The Kier molecular flexibility index (Phi) is 4.22. The van der Waals surface area contributed by atoms with Crippen molar-refractivity contribution < 1.29 is 15.0 Å². The molecule has 0 aliphatic heterocycles. The van der Waals surface area contributed by atoms with E-state index in [1.807, 2.05) is 37.3 Å². The SMILES string of the molecule is Cc1sc2ncnc(NC(CO)C(=O)O)c2c1-c1ccccc1. The number of carboxylic acid groups (broad SMARTS) is 1. The van der Waals surface area contributed by atoms with Crippen molar-refractivity contribution in [3.63, 3.8) is 0 Å². The molecule has 1 aromatic carbocycles. The smallest absolute Gasteiger partial charge is 0.328 e. The lowest BCUT2D eigenvalue weighted by Gasteiger charge is -2.13. The van der Waals surface area contributed by atoms with Crippen molar-refractivity contribution in [3.05, 3.63) is 41.5 Å². The number of fused-ring (bicyclic) bond motifs is 1. The number of aliphatic hydroxyl groups excluding tert-OH is 1. The number of anilines is 1. The normalized spacial score (nSPS) is 12.3. The van der Waals surface area contributed by atoms with E-state index in [4.69, 9.17) is 5.11 Å². The second-order valence-electron chi connectivity index (χ2n) is 5.02. The molecule has 3 rings (SSSR count). The highest BCUT2D eigenvalue weighted by atomic mass is 32.1. The van der Waals surface area contributed by atoms with Crippen LogP contribution in [0.1, 0.15) is 4.88 Å². The van der Waals surface area contributed by atoms with E-state index in [0.29, 0.717) is 5.82 Å². The molecule has 0 spiro atoms. The summed E-state index contributed by atoms with van der Waals surface area (Å²) >= 11 is 1.53. The second-order valence-corrected chi connectivity index (χ2v) is 6.22. The van der Waals surface area contributed by atoms with Crippen LogP contribution in [0.4, 0.5) is 5.82 Å². The number of thiophene rings is 1. The van der Waals surface area contributed by atoms with Gasteiger partial charge in [0.25, 0.3) is 0 Å². The van der Waals surface area contributed by atoms with E-state index in [2.05, 4.69) is 15.3 Å². The number of nitrogens with one attached hydrogen (secondary N) is 1. The zero-order valence-corrected chi connectivity index (χ0v) is 13.2. The van der Waals surface area contributed by atoms with Crippen molar-refractivity contribution in [1.29, 1.82) is 0 Å². The minimum absolute atomic E-state index is 0.416. The van der Waals surface area contributed by atoms with E-state index >= 15 is 0 Å². The molecule has 0 bridgehead atoms. The quantitative estimate of drug-likeness (QED) is 0.666. The Balaban J connectivity index is 2.18. The molecule has 6 nitrogen and oxygen atoms in total. The summed E-state index contributed by atoms with van der Waals surface area (Å²) in [6.07, 6.45) is 1.39. The standard InChI is InChI=1S/C16H15N3O3S/c1-9-12(10-5-3-2-4-6-10)13-14(17-8-18-15(13)23-9)19-11(7-20)16(21)22/h2-6,8,11,20H,7H2,1H3,(H,21,22)(H,17,18,19). The van der Waals surface area contributed by atoms with Crippen LogP contribution in [0.15, 0.2) is 36.7 Å². The topological polar surface area (TPSA) is 95.3 Å². The summed E-state index contributed by atoms with van der Waals surface area (Å²) in [4.78, 5) is 21.5. The van der Waals surface area contributed by atoms with Gasteiger partial charge in [-0.25, -0.2) is 14.8 Å². The van der Waals surface area contributed by atoms with Crippen molar-refractivity contribution in [2.24, 2.45) is 0 Å². The van der Waals surface area contributed by atoms with Crippen LogP contribution in [-0.4, -0.2) is 38.8 Å². The molecule has 2 heterocycles. The lowest BCUT2D eigenvalue weighted by molar-refractivity contribution is -0.138. The Morgan fingerprint density at radius 1 is 1.30 bits per heavy atom. The van der Waals surface area contributed by atoms with Gasteiger partial charge in [-0.3, -0.25) is 0 Å². The van der Waals surface area contributed by atoms with Crippen LogP contribution in [0.3, 0.4) is 0 Å². The number of aromatic nitrogens is 2. The molecule has 3 N–H and O–H groups in total. The first-order chi connectivity index (χ1) is 11.1. The first kappa shape index (κ1) is 15.4. The maximum atomic E-state index is 11.2. The zero-order chi connectivity index (χ0) is 16.4. The molecule has 2 aromatic heterocycles. The van der Waals surface area contributed by atoms with Gasteiger partial charge in [-0.05, 0) is 12.5 Å². The van der Waals surface area contributed by atoms with Gasteiger partial charge in [-0.15, -0.1) is 11.3 Å². The Bertz CT molecular complexity index is 848. The summed E-state index contributed by atoms with van der Waals surface area (Å²) < 4.78 is 0. The fourth-order valence-corrected chi connectivity index (χ4v) is 3.47. The molecule has 0 saturated heterocycles. The Morgan fingerprint density at radius 3 is 2.70 bits per heavy atom. The van der Waals surface area contributed by atoms with Gasteiger partial charge in [-0.2, -0.15) is 0 Å². The summed E-state index contributed by atoms with van der Waals surface area (Å²) in [5, 5.41) is 22.0. The van der Waals surface area contributed by atoms with E-state index < -0.39 is 18.6 Å². The zero-order valence-electron chi connectivity index (χ0n) is 12.4. The van der Waals surface area contributed by atoms with E-state index in [1.54, 1.807) is 0 Å². The third-order valence-electron chi connectivity index (χ3n) is 3.52. The third-order valence-corrected chi connectivity index (χ3v) is 4.53. The van der Waals surface area contributed by atoms with Crippen LogP contribution >= 0.6 is 11.3 Å². The van der Waals surface area contributed by atoms with Gasteiger partial charge in [0.2, 0.25) is 0 Å². The molecule has 0 fully saturated rings. The summed E-state index contributed by atoms with van der Waals surface area (Å²) in [6, 6.07) is 8.70. The molecule has 23 heavy (non-hydrogen) atoms. The predicted molar refractivity (Wildman–Crippen MR) is 89.7 cm³/mol. The van der Waals surface area contributed by atoms with Crippen molar-refractivity contribution in [1.82, 2.24) is 9.97 Å². The van der Waals surface area contributed by atoms with E-state index in [1.165, 1.54) is 17.7 Å². The van der Waals surface area contributed by atoms with E-state index in [9.17, 15) is 9.90 Å². The average molecular weight is 329 g/mol. The molecular weight excluding hydrogens is 314 g/mol. The van der Waals surface area contributed by atoms with Crippen LogP contribution in [0.2, 0.25) is 0 Å². The highest BCUT2D eigenvalue weighted by Gasteiger charge is 2.21. The highest BCUT2D eigenvalue weighted by Crippen LogP contribution is 2.40. The maximum Gasteiger partial charge on any atom is 0.328 e. The van der Waals surface area contributed by atoms with Crippen LogP contribution < -0.4 is 5.32 Å². The van der Waals surface area contributed by atoms with Gasteiger partial charge in [0.05, 0.1) is 12.0 Å². The van der Waals surface area contributed by atoms with Gasteiger partial charge in [0.15, 0.2) is 0 Å². The average Bonchev–Trinajstić information content (AvgIpc) is 2.89. The van der Waals surface area contributed by atoms with Gasteiger partial charge in [0, 0.05) is 10.4 Å². The Morgan fingerprint density at radius 2 is 2.04 bits per heavy atom. The van der Waals surface area contributed by atoms with E-state index in [0.717, 1.165) is 26.2 Å².